The summed E-state index contributed by atoms with van der Waals surface area (Å²) in [5, 5.41) is 2.11. The summed E-state index contributed by atoms with van der Waals surface area (Å²) in [5.74, 6) is -1.01. The van der Waals surface area contributed by atoms with Crippen LogP contribution in [0.5, 0.6) is 0 Å². The van der Waals surface area contributed by atoms with Gasteiger partial charge in [-0.25, -0.2) is 8.42 Å². The zero-order valence-corrected chi connectivity index (χ0v) is 12.4. The van der Waals surface area contributed by atoms with E-state index in [0.717, 1.165) is 11.1 Å². The second kappa shape index (κ2) is 5.92. The van der Waals surface area contributed by atoms with E-state index in [1.165, 1.54) is 12.1 Å². The van der Waals surface area contributed by atoms with Gasteiger partial charge >= 0.3 is 0 Å². The molecule has 0 aromatic heterocycles. The van der Waals surface area contributed by atoms with Gasteiger partial charge in [0.25, 0.3) is 0 Å². The van der Waals surface area contributed by atoms with E-state index in [-0.39, 0.29) is 17.7 Å². The van der Waals surface area contributed by atoms with Gasteiger partial charge in [-0.05, 0) is 36.6 Å². The average molecular weight is 311 g/mol. The number of sulfonamides is 1. The summed E-state index contributed by atoms with van der Waals surface area (Å²) in [6, 6.07) is 3.68. The zero-order valence-electron chi connectivity index (χ0n) is 11.5. The molecule has 0 radical (unpaired) electrons. The number of hydrogen-bond acceptors (Lipinski definition) is 5. The lowest BCUT2D eigenvalue weighted by Crippen LogP contribution is -2.52. The first-order chi connectivity index (χ1) is 9.83. The van der Waals surface area contributed by atoms with E-state index in [1.54, 1.807) is 13.0 Å². The second-order valence-corrected chi connectivity index (χ2v) is 6.63. The number of benzene rings is 1. The van der Waals surface area contributed by atoms with E-state index >= 15 is 0 Å². The number of aryl methyl sites for hydroxylation is 1. The molecule has 1 atom stereocenters. The predicted octanol–water partition coefficient (Wildman–Crippen LogP) is -0.463. The maximum atomic E-state index is 12.3. The fourth-order valence-electron chi connectivity index (χ4n) is 2.13. The van der Waals surface area contributed by atoms with E-state index in [1.807, 2.05) is 0 Å². The number of carbonyl (C=O) groups is 2. The summed E-state index contributed by atoms with van der Waals surface area (Å²) < 4.78 is 26.9. The molecule has 1 fully saturated rings. The van der Waals surface area contributed by atoms with Crippen LogP contribution in [0.3, 0.4) is 0 Å². The van der Waals surface area contributed by atoms with Crippen LogP contribution in [0.1, 0.15) is 24.0 Å². The summed E-state index contributed by atoms with van der Waals surface area (Å²) in [6.07, 6.45) is 0.272. The number of imide groups is 1. The van der Waals surface area contributed by atoms with E-state index in [9.17, 15) is 18.0 Å². The Morgan fingerprint density at radius 1 is 1.38 bits per heavy atom. The number of rotatable bonds is 4. The summed E-state index contributed by atoms with van der Waals surface area (Å²) in [4.78, 5) is 22.7. The third kappa shape index (κ3) is 3.46. The minimum atomic E-state index is -3.82. The van der Waals surface area contributed by atoms with Gasteiger partial charge in [-0.15, -0.1) is 0 Å². The molecule has 8 heteroatoms. The van der Waals surface area contributed by atoms with Crippen LogP contribution in [0.25, 0.3) is 0 Å². The van der Waals surface area contributed by atoms with E-state index in [2.05, 4.69) is 10.0 Å². The van der Waals surface area contributed by atoms with Crippen LogP contribution in [0.2, 0.25) is 0 Å². The molecule has 4 N–H and O–H groups in total. The van der Waals surface area contributed by atoms with Gasteiger partial charge < -0.3 is 5.73 Å². The predicted molar refractivity (Wildman–Crippen MR) is 75.6 cm³/mol. The molecule has 0 aliphatic carbocycles. The number of hydrogen-bond donors (Lipinski definition) is 3. The van der Waals surface area contributed by atoms with Crippen LogP contribution >= 0.6 is 0 Å². The first-order valence-electron chi connectivity index (χ1n) is 6.49. The third-order valence-electron chi connectivity index (χ3n) is 3.38. The molecule has 1 aliphatic heterocycles. The first-order valence-corrected chi connectivity index (χ1v) is 7.97. The molecule has 1 aromatic carbocycles. The Bertz CT molecular complexity index is 685. The van der Waals surface area contributed by atoms with Gasteiger partial charge in [0.15, 0.2) is 0 Å². The topological polar surface area (TPSA) is 118 Å². The summed E-state index contributed by atoms with van der Waals surface area (Å²) in [7, 11) is -3.82. The Morgan fingerprint density at radius 2 is 2.10 bits per heavy atom. The van der Waals surface area contributed by atoms with Crippen LogP contribution in [-0.2, 0) is 26.2 Å². The van der Waals surface area contributed by atoms with Crippen molar-refractivity contribution in [1.82, 2.24) is 10.0 Å². The lowest BCUT2D eigenvalue weighted by Gasteiger charge is -2.21. The van der Waals surface area contributed by atoms with Crippen molar-refractivity contribution in [2.24, 2.45) is 5.73 Å². The Hall–Kier alpha value is -1.77. The SMILES string of the molecule is Cc1cc(S(=O)(=O)NC2CCC(=O)NC2=O)ccc1CN. The van der Waals surface area contributed by atoms with Crippen molar-refractivity contribution in [3.05, 3.63) is 29.3 Å². The van der Waals surface area contributed by atoms with E-state index in [0.29, 0.717) is 6.54 Å². The van der Waals surface area contributed by atoms with E-state index in [4.69, 9.17) is 5.73 Å². The molecule has 1 aromatic rings. The molecule has 1 saturated heterocycles. The molecule has 0 saturated carbocycles. The highest BCUT2D eigenvalue weighted by atomic mass is 32.2. The number of amides is 2. The van der Waals surface area contributed by atoms with Crippen molar-refractivity contribution in [2.45, 2.75) is 37.2 Å². The van der Waals surface area contributed by atoms with Crippen molar-refractivity contribution in [2.75, 3.05) is 0 Å². The number of nitrogens with one attached hydrogen (secondary N) is 2. The third-order valence-corrected chi connectivity index (χ3v) is 4.85. The quantitative estimate of drug-likeness (QED) is 0.650. The van der Waals surface area contributed by atoms with Gasteiger partial charge in [0, 0.05) is 13.0 Å². The number of nitrogens with two attached hydrogens (primary N) is 1. The van der Waals surface area contributed by atoms with Gasteiger partial charge in [0.2, 0.25) is 21.8 Å². The Labute approximate surface area is 123 Å². The molecule has 114 valence electrons. The Kier molecular flexibility index (Phi) is 4.40. The van der Waals surface area contributed by atoms with Gasteiger partial charge in [-0.1, -0.05) is 6.07 Å². The lowest BCUT2D eigenvalue weighted by atomic mass is 10.1. The maximum absolute atomic E-state index is 12.3. The van der Waals surface area contributed by atoms with Gasteiger partial charge in [-0.2, -0.15) is 4.72 Å². The zero-order chi connectivity index (χ0) is 15.6. The molecule has 21 heavy (non-hydrogen) atoms. The molecular weight excluding hydrogens is 294 g/mol. The van der Waals surface area contributed by atoms with Gasteiger partial charge in [0.05, 0.1) is 4.90 Å². The molecule has 0 bridgehead atoms. The van der Waals surface area contributed by atoms with Crippen LogP contribution in [0.4, 0.5) is 0 Å². The van der Waals surface area contributed by atoms with Gasteiger partial charge in [-0.3, -0.25) is 14.9 Å². The summed E-state index contributed by atoms with van der Waals surface area (Å²) >= 11 is 0. The van der Waals surface area contributed by atoms with Crippen molar-refractivity contribution >= 4 is 21.8 Å². The van der Waals surface area contributed by atoms with Crippen LogP contribution in [0, 0.1) is 6.92 Å². The smallest absolute Gasteiger partial charge is 0.244 e. The molecular formula is C13H17N3O4S. The summed E-state index contributed by atoms with van der Waals surface area (Å²) in [6.45, 7) is 2.10. The van der Waals surface area contributed by atoms with Crippen molar-refractivity contribution in [3.63, 3.8) is 0 Å². The molecule has 0 spiro atoms. The fourth-order valence-corrected chi connectivity index (χ4v) is 3.44. The molecule has 2 amide bonds. The van der Waals surface area contributed by atoms with Crippen LogP contribution in [0.15, 0.2) is 23.1 Å². The standard InChI is InChI=1S/C13H17N3O4S/c1-8-6-10(3-2-9(8)7-14)21(19,20)16-11-4-5-12(17)15-13(11)18/h2-3,6,11,16H,4-5,7,14H2,1H3,(H,15,17,18). The lowest BCUT2D eigenvalue weighted by molar-refractivity contribution is -0.134. The second-order valence-electron chi connectivity index (χ2n) is 4.92. The highest BCUT2D eigenvalue weighted by Crippen LogP contribution is 2.16. The maximum Gasteiger partial charge on any atom is 0.244 e. The first kappa shape index (κ1) is 15.6. The fraction of sp³-hybridized carbons (Fsp3) is 0.385. The highest BCUT2D eigenvalue weighted by Gasteiger charge is 2.30. The molecule has 1 unspecified atom stereocenters. The molecule has 2 rings (SSSR count). The van der Waals surface area contributed by atoms with Crippen molar-refractivity contribution < 1.29 is 18.0 Å². The van der Waals surface area contributed by atoms with Crippen molar-refractivity contribution in [3.8, 4) is 0 Å². The number of piperidine rings is 1. The minimum absolute atomic E-state index is 0.0712. The monoisotopic (exact) mass is 311 g/mol. The number of carbonyl (C=O) groups excluding carboxylic acids is 2. The Balaban J connectivity index is 2.20. The van der Waals surface area contributed by atoms with E-state index < -0.39 is 27.9 Å². The van der Waals surface area contributed by atoms with Gasteiger partial charge in [0.1, 0.15) is 6.04 Å². The van der Waals surface area contributed by atoms with Crippen LogP contribution < -0.4 is 15.8 Å². The highest BCUT2D eigenvalue weighted by molar-refractivity contribution is 7.89. The molecule has 7 nitrogen and oxygen atoms in total. The normalized spacial score (nSPS) is 19.4. The average Bonchev–Trinajstić information content (AvgIpc) is 2.42. The van der Waals surface area contributed by atoms with Crippen molar-refractivity contribution in [1.29, 1.82) is 0 Å². The van der Waals surface area contributed by atoms with Crippen LogP contribution in [-0.4, -0.2) is 26.3 Å². The largest absolute Gasteiger partial charge is 0.326 e. The molecule has 1 heterocycles. The molecule has 1 aliphatic rings. The minimum Gasteiger partial charge on any atom is -0.326 e. The summed E-state index contributed by atoms with van der Waals surface area (Å²) in [5.41, 5.74) is 7.16. The Morgan fingerprint density at radius 3 is 2.67 bits per heavy atom.